The van der Waals surface area contributed by atoms with E-state index in [0.29, 0.717) is 11.5 Å². The molecule has 1 unspecified atom stereocenters. The molecule has 4 nitrogen and oxygen atoms in total. The first-order chi connectivity index (χ1) is 7.74. The van der Waals surface area contributed by atoms with Gasteiger partial charge in [-0.25, -0.2) is 0 Å². The van der Waals surface area contributed by atoms with Crippen molar-refractivity contribution in [2.24, 2.45) is 0 Å². The molecule has 1 N–H and O–H groups in total. The Balaban J connectivity index is 2.87. The molecule has 0 saturated carbocycles. The minimum atomic E-state index is -0.182. The second kappa shape index (κ2) is 5.86. The van der Waals surface area contributed by atoms with Crippen LogP contribution in [0.25, 0.3) is 0 Å². The van der Waals surface area contributed by atoms with Gasteiger partial charge >= 0.3 is 0 Å². The molecule has 0 aliphatic carbocycles. The summed E-state index contributed by atoms with van der Waals surface area (Å²) < 4.78 is 10.3. The van der Waals surface area contributed by atoms with Gasteiger partial charge in [-0.1, -0.05) is 6.92 Å². The summed E-state index contributed by atoms with van der Waals surface area (Å²) in [6, 6.07) is 7.49. The molecular weight excluding hydrogens is 204 g/mol. The van der Waals surface area contributed by atoms with Gasteiger partial charge in [-0.15, -0.1) is 0 Å². The molecule has 0 fully saturated rings. The smallest absolute Gasteiger partial charge is 0.162 e. The zero-order valence-electron chi connectivity index (χ0n) is 9.78. The summed E-state index contributed by atoms with van der Waals surface area (Å²) in [6.07, 6.45) is 0.755. The topological polar surface area (TPSA) is 54.3 Å². The van der Waals surface area contributed by atoms with Crippen molar-refractivity contribution in [3.05, 3.63) is 18.2 Å². The summed E-state index contributed by atoms with van der Waals surface area (Å²) in [5, 5.41) is 12.0. The van der Waals surface area contributed by atoms with Crippen LogP contribution < -0.4 is 14.8 Å². The Morgan fingerprint density at radius 1 is 1.31 bits per heavy atom. The molecule has 0 heterocycles. The van der Waals surface area contributed by atoms with Gasteiger partial charge in [0, 0.05) is 11.8 Å². The molecule has 0 radical (unpaired) electrons. The minimum absolute atomic E-state index is 0.182. The second-order valence-electron chi connectivity index (χ2n) is 3.30. The number of hydrogen-bond donors (Lipinski definition) is 1. The van der Waals surface area contributed by atoms with E-state index >= 15 is 0 Å². The summed E-state index contributed by atoms with van der Waals surface area (Å²) in [5.41, 5.74) is 0.853. The number of ether oxygens (including phenoxy) is 2. The predicted molar refractivity (Wildman–Crippen MR) is 62.9 cm³/mol. The lowest BCUT2D eigenvalue weighted by Crippen LogP contribution is -2.15. The SMILES string of the molecule is CCC(C#N)Nc1ccc(OC)c(OC)c1. The van der Waals surface area contributed by atoms with Crippen molar-refractivity contribution in [3.63, 3.8) is 0 Å². The largest absolute Gasteiger partial charge is 0.493 e. The third kappa shape index (κ3) is 2.80. The van der Waals surface area contributed by atoms with Crippen LogP contribution in [0.2, 0.25) is 0 Å². The Labute approximate surface area is 95.8 Å². The lowest BCUT2D eigenvalue weighted by atomic mass is 10.2. The lowest BCUT2D eigenvalue weighted by molar-refractivity contribution is 0.355. The van der Waals surface area contributed by atoms with Crippen LogP contribution in [0, 0.1) is 11.3 Å². The molecule has 86 valence electrons. The van der Waals surface area contributed by atoms with E-state index in [-0.39, 0.29) is 6.04 Å². The fraction of sp³-hybridized carbons (Fsp3) is 0.417. The van der Waals surface area contributed by atoms with Gasteiger partial charge in [-0.05, 0) is 18.6 Å². The molecular formula is C12H16N2O2. The molecule has 1 rings (SSSR count). The van der Waals surface area contributed by atoms with E-state index in [1.165, 1.54) is 0 Å². The maximum absolute atomic E-state index is 8.85. The van der Waals surface area contributed by atoms with Crippen LogP contribution in [0.3, 0.4) is 0 Å². The third-order valence-corrected chi connectivity index (χ3v) is 2.29. The van der Waals surface area contributed by atoms with Crippen molar-refractivity contribution in [2.75, 3.05) is 19.5 Å². The molecule has 4 heteroatoms. The van der Waals surface area contributed by atoms with Crippen molar-refractivity contribution in [1.29, 1.82) is 5.26 Å². The van der Waals surface area contributed by atoms with E-state index in [9.17, 15) is 0 Å². The van der Waals surface area contributed by atoms with E-state index in [1.807, 2.05) is 25.1 Å². The molecule has 1 aromatic carbocycles. The first-order valence-electron chi connectivity index (χ1n) is 5.13. The van der Waals surface area contributed by atoms with E-state index < -0.39 is 0 Å². The fourth-order valence-corrected chi connectivity index (χ4v) is 1.35. The Morgan fingerprint density at radius 3 is 2.50 bits per heavy atom. The van der Waals surface area contributed by atoms with E-state index in [4.69, 9.17) is 14.7 Å². The summed E-state index contributed by atoms with van der Waals surface area (Å²) in [7, 11) is 3.18. The Kier molecular flexibility index (Phi) is 4.46. The highest BCUT2D eigenvalue weighted by Gasteiger charge is 2.07. The molecule has 0 bridgehead atoms. The van der Waals surface area contributed by atoms with Crippen LogP contribution in [0.5, 0.6) is 11.5 Å². The zero-order valence-corrected chi connectivity index (χ0v) is 9.78. The van der Waals surface area contributed by atoms with E-state index in [2.05, 4.69) is 11.4 Å². The highest BCUT2D eigenvalue weighted by atomic mass is 16.5. The highest BCUT2D eigenvalue weighted by molar-refractivity contribution is 5.55. The van der Waals surface area contributed by atoms with Crippen LogP contribution >= 0.6 is 0 Å². The van der Waals surface area contributed by atoms with Crippen LogP contribution in [0.4, 0.5) is 5.69 Å². The van der Waals surface area contributed by atoms with Crippen molar-refractivity contribution in [2.45, 2.75) is 19.4 Å². The Bertz CT molecular complexity index is 385. The van der Waals surface area contributed by atoms with Crippen molar-refractivity contribution >= 4 is 5.69 Å². The average molecular weight is 220 g/mol. The first-order valence-corrected chi connectivity index (χ1v) is 5.13. The molecule has 1 aromatic rings. The number of anilines is 1. The minimum Gasteiger partial charge on any atom is -0.493 e. The molecule has 0 saturated heterocycles. The molecule has 1 atom stereocenters. The Morgan fingerprint density at radius 2 is 2.00 bits per heavy atom. The van der Waals surface area contributed by atoms with Gasteiger partial charge < -0.3 is 14.8 Å². The van der Waals surface area contributed by atoms with Crippen LogP contribution in [-0.4, -0.2) is 20.3 Å². The second-order valence-corrected chi connectivity index (χ2v) is 3.30. The predicted octanol–water partition coefficient (Wildman–Crippen LogP) is 2.42. The molecule has 0 aromatic heterocycles. The van der Waals surface area contributed by atoms with Crippen LogP contribution in [-0.2, 0) is 0 Å². The summed E-state index contributed by atoms with van der Waals surface area (Å²) >= 11 is 0. The molecule has 0 spiro atoms. The lowest BCUT2D eigenvalue weighted by Gasteiger charge is -2.13. The summed E-state index contributed by atoms with van der Waals surface area (Å²) in [4.78, 5) is 0. The average Bonchev–Trinajstić information content (AvgIpc) is 2.35. The summed E-state index contributed by atoms with van der Waals surface area (Å²) in [6.45, 7) is 1.96. The van der Waals surface area contributed by atoms with Crippen molar-refractivity contribution in [3.8, 4) is 17.6 Å². The van der Waals surface area contributed by atoms with Gasteiger partial charge in [0.05, 0.1) is 20.3 Å². The standard InChI is InChI=1S/C12H16N2O2/c1-4-9(8-13)14-10-5-6-11(15-2)12(7-10)16-3/h5-7,9,14H,4H2,1-3H3. The third-order valence-electron chi connectivity index (χ3n) is 2.29. The monoisotopic (exact) mass is 220 g/mol. The molecule has 0 aliphatic heterocycles. The summed E-state index contributed by atoms with van der Waals surface area (Å²) in [5.74, 6) is 1.33. The van der Waals surface area contributed by atoms with Gasteiger partial charge in [-0.3, -0.25) is 0 Å². The maximum atomic E-state index is 8.85. The van der Waals surface area contributed by atoms with Gasteiger partial charge in [0.2, 0.25) is 0 Å². The number of nitriles is 1. The molecule has 16 heavy (non-hydrogen) atoms. The van der Waals surface area contributed by atoms with Gasteiger partial charge in [0.1, 0.15) is 6.04 Å². The quantitative estimate of drug-likeness (QED) is 0.828. The number of rotatable bonds is 5. The van der Waals surface area contributed by atoms with Gasteiger partial charge in [0.25, 0.3) is 0 Å². The number of nitrogens with one attached hydrogen (secondary N) is 1. The first kappa shape index (κ1) is 12.2. The Hall–Kier alpha value is -1.89. The van der Waals surface area contributed by atoms with Gasteiger partial charge in [-0.2, -0.15) is 5.26 Å². The number of nitrogens with zero attached hydrogens (tertiary/aromatic N) is 1. The van der Waals surface area contributed by atoms with Crippen molar-refractivity contribution < 1.29 is 9.47 Å². The normalized spacial score (nSPS) is 11.4. The van der Waals surface area contributed by atoms with Crippen LogP contribution in [0.1, 0.15) is 13.3 Å². The molecule has 0 amide bonds. The van der Waals surface area contributed by atoms with E-state index in [0.717, 1.165) is 12.1 Å². The zero-order chi connectivity index (χ0) is 12.0. The fourth-order valence-electron chi connectivity index (χ4n) is 1.35. The number of benzene rings is 1. The van der Waals surface area contributed by atoms with Gasteiger partial charge in [0.15, 0.2) is 11.5 Å². The van der Waals surface area contributed by atoms with E-state index in [1.54, 1.807) is 14.2 Å². The van der Waals surface area contributed by atoms with Crippen molar-refractivity contribution in [1.82, 2.24) is 0 Å². The number of hydrogen-bond acceptors (Lipinski definition) is 4. The number of methoxy groups -OCH3 is 2. The maximum Gasteiger partial charge on any atom is 0.162 e. The highest BCUT2D eigenvalue weighted by Crippen LogP contribution is 2.29. The molecule has 0 aliphatic rings. The van der Waals surface area contributed by atoms with Crippen LogP contribution in [0.15, 0.2) is 18.2 Å².